The number of aromatic amines is 1. The van der Waals surface area contributed by atoms with Gasteiger partial charge in [-0.05, 0) is 48.4 Å². The second kappa shape index (κ2) is 6.17. The number of rotatable bonds is 5. The average molecular weight is 344 g/mol. The van der Waals surface area contributed by atoms with Gasteiger partial charge in [0, 0.05) is 29.4 Å². The molecular weight excluding hydrogens is 323 g/mol. The highest BCUT2D eigenvalue weighted by Gasteiger charge is 2.56. The molecule has 2 aliphatic carbocycles. The summed E-state index contributed by atoms with van der Waals surface area (Å²) >= 11 is 0. The number of benzene rings is 1. The van der Waals surface area contributed by atoms with Gasteiger partial charge in [0.15, 0.2) is 0 Å². The van der Waals surface area contributed by atoms with Crippen LogP contribution in [0.2, 0.25) is 0 Å². The first-order chi connectivity index (χ1) is 12.1. The Morgan fingerprint density at radius 2 is 2.12 bits per heavy atom. The van der Waals surface area contributed by atoms with Gasteiger partial charge in [-0.25, -0.2) is 9.18 Å². The molecule has 3 atom stereocenters. The van der Waals surface area contributed by atoms with Gasteiger partial charge in [-0.15, -0.1) is 0 Å². The van der Waals surface area contributed by atoms with Crippen LogP contribution in [0.3, 0.4) is 0 Å². The van der Waals surface area contributed by atoms with E-state index in [1.165, 1.54) is 25.7 Å². The van der Waals surface area contributed by atoms with Crippen LogP contribution in [0.15, 0.2) is 24.4 Å². The molecule has 6 heteroatoms. The van der Waals surface area contributed by atoms with Crippen molar-refractivity contribution in [2.75, 3.05) is 7.11 Å². The fourth-order valence-corrected chi connectivity index (χ4v) is 4.36. The predicted molar refractivity (Wildman–Crippen MR) is 90.2 cm³/mol. The molecule has 1 aromatic carbocycles. The Morgan fingerprint density at radius 1 is 1.36 bits per heavy atom. The van der Waals surface area contributed by atoms with Crippen LogP contribution in [0.5, 0.6) is 0 Å². The Bertz CT molecular complexity index is 821. The van der Waals surface area contributed by atoms with E-state index in [-0.39, 0.29) is 17.6 Å². The lowest BCUT2D eigenvalue weighted by Crippen LogP contribution is -2.44. The third kappa shape index (κ3) is 2.90. The quantitative estimate of drug-likeness (QED) is 0.819. The van der Waals surface area contributed by atoms with Crippen molar-refractivity contribution in [2.45, 2.75) is 31.7 Å². The minimum absolute atomic E-state index is 0.0454. The Morgan fingerprint density at radius 3 is 2.84 bits per heavy atom. The van der Waals surface area contributed by atoms with E-state index in [9.17, 15) is 14.0 Å². The first kappa shape index (κ1) is 16.1. The topological polar surface area (TPSA) is 71.2 Å². The van der Waals surface area contributed by atoms with Crippen molar-refractivity contribution in [2.24, 2.45) is 17.8 Å². The molecule has 4 rings (SSSR count). The highest BCUT2D eigenvalue weighted by atomic mass is 19.1. The fraction of sp³-hybridized carbons (Fsp3) is 0.474. The SMILES string of the molecule is COC(=O)C(Cc1c[nH]c2cc(F)ccc12)NC(=O)C1C2CCCC21. The molecule has 2 N–H and O–H groups in total. The van der Waals surface area contributed by atoms with Crippen LogP contribution in [0.1, 0.15) is 24.8 Å². The molecule has 5 nitrogen and oxygen atoms in total. The number of H-pyrrole nitrogens is 1. The lowest BCUT2D eigenvalue weighted by molar-refractivity contribution is -0.145. The van der Waals surface area contributed by atoms with Crippen molar-refractivity contribution in [1.82, 2.24) is 10.3 Å². The van der Waals surface area contributed by atoms with E-state index in [4.69, 9.17) is 4.74 Å². The molecular formula is C19H21FN2O3. The summed E-state index contributed by atoms with van der Waals surface area (Å²) in [7, 11) is 1.32. The van der Waals surface area contributed by atoms with Crippen molar-refractivity contribution in [3.63, 3.8) is 0 Å². The number of fused-ring (bicyclic) bond motifs is 2. The van der Waals surface area contributed by atoms with Crippen molar-refractivity contribution in [1.29, 1.82) is 0 Å². The smallest absolute Gasteiger partial charge is 0.328 e. The van der Waals surface area contributed by atoms with Crippen LogP contribution in [0, 0.1) is 23.6 Å². The summed E-state index contributed by atoms with van der Waals surface area (Å²) in [6.45, 7) is 0. The molecule has 0 spiro atoms. The van der Waals surface area contributed by atoms with Crippen molar-refractivity contribution < 1.29 is 18.7 Å². The number of ether oxygens (including phenoxy) is 1. The molecule has 2 aliphatic rings. The molecule has 3 unspecified atom stereocenters. The fourth-order valence-electron chi connectivity index (χ4n) is 4.36. The molecule has 0 saturated heterocycles. The summed E-state index contributed by atoms with van der Waals surface area (Å²) in [6.07, 6.45) is 5.48. The zero-order valence-electron chi connectivity index (χ0n) is 14.0. The Kier molecular flexibility index (Phi) is 3.98. The minimum atomic E-state index is -0.733. The van der Waals surface area contributed by atoms with Crippen molar-refractivity contribution in [3.8, 4) is 0 Å². The maximum absolute atomic E-state index is 13.3. The van der Waals surface area contributed by atoms with E-state index in [1.807, 2.05) is 0 Å². The first-order valence-electron chi connectivity index (χ1n) is 8.72. The van der Waals surface area contributed by atoms with Gasteiger partial charge in [-0.2, -0.15) is 0 Å². The van der Waals surface area contributed by atoms with E-state index >= 15 is 0 Å². The third-order valence-electron chi connectivity index (χ3n) is 5.66. The Labute approximate surface area is 144 Å². The highest BCUT2D eigenvalue weighted by Crippen LogP contribution is 2.57. The van der Waals surface area contributed by atoms with E-state index in [0.717, 1.165) is 23.8 Å². The highest BCUT2D eigenvalue weighted by molar-refractivity contribution is 5.89. The maximum Gasteiger partial charge on any atom is 0.328 e. The molecule has 1 amide bonds. The summed E-state index contributed by atoms with van der Waals surface area (Å²) in [6, 6.07) is 3.74. The predicted octanol–water partition coefficient (Wildman–Crippen LogP) is 2.55. The monoisotopic (exact) mass is 344 g/mol. The number of hydrogen-bond donors (Lipinski definition) is 2. The summed E-state index contributed by atoms with van der Waals surface area (Å²) in [5.41, 5.74) is 1.52. The minimum Gasteiger partial charge on any atom is -0.467 e. The number of halogens is 1. The molecule has 132 valence electrons. The van der Waals surface area contributed by atoms with Gasteiger partial charge in [0.25, 0.3) is 0 Å². The number of esters is 1. The van der Waals surface area contributed by atoms with Gasteiger partial charge in [0.1, 0.15) is 11.9 Å². The van der Waals surface area contributed by atoms with Crippen LogP contribution in [0.25, 0.3) is 10.9 Å². The summed E-state index contributed by atoms with van der Waals surface area (Å²) < 4.78 is 18.2. The van der Waals surface area contributed by atoms with E-state index < -0.39 is 12.0 Å². The van der Waals surface area contributed by atoms with Gasteiger partial charge < -0.3 is 15.0 Å². The second-order valence-electron chi connectivity index (χ2n) is 7.08. The number of methoxy groups -OCH3 is 1. The molecule has 1 heterocycles. The van der Waals surface area contributed by atoms with Crippen LogP contribution < -0.4 is 5.32 Å². The Hall–Kier alpha value is -2.37. The first-order valence-corrected chi connectivity index (χ1v) is 8.72. The van der Waals surface area contributed by atoms with Gasteiger partial charge in [0.2, 0.25) is 5.91 Å². The van der Waals surface area contributed by atoms with E-state index in [2.05, 4.69) is 10.3 Å². The van der Waals surface area contributed by atoms with Crippen LogP contribution in [-0.4, -0.2) is 30.0 Å². The maximum atomic E-state index is 13.3. The average Bonchev–Trinajstić information content (AvgIpc) is 2.94. The molecule has 1 aromatic heterocycles. The molecule has 2 fully saturated rings. The normalized spacial score (nSPS) is 25.4. The second-order valence-corrected chi connectivity index (χ2v) is 7.08. The lowest BCUT2D eigenvalue weighted by Gasteiger charge is -2.17. The van der Waals surface area contributed by atoms with Gasteiger partial charge in [-0.3, -0.25) is 4.79 Å². The zero-order chi connectivity index (χ0) is 17.6. The van der Waals surface area contributed by atoms with Gasteiger partial charge >= 0.3 is 5.97 Å². The number of amides is 1. The number of hydrogen-bond acceptors (Lipinski definition) is 3. The van der Waals surface area contributed by atoms with E-state index in [0.29, 0.717) is 23.8 Å². The molecule has 2 aromatic rings. The summed E-state index contributed by atoms with van der Waals surface area (Å²) in [5, 5.41) is 3.71. The van der Waals surface area contributed by atoms with Gasteiger partial charge in [0.05, 0.1) is 7.11 Å². The van der Waals surface area contributed by atoms with Crippen LogP contribution >= 0.6 is 0 Å². The van der Waals surface area contributed by atoms with Crippen molar-refractivity contribution >= 4 is 22.8 Å². The van der Waals surface area contributed by atoms with Crippen LogP contribution in [0.4, 0.5) is 4.39 Å². The zero-order valence-corrected chi connectivity index (χ0v) is 14.0. The van der Waals surface area contributed by atoms with Crippen LogP contribution in [-0.2, 0) is 20.7 Å². The number of carbonyl (C=O) groups is 2. The lowest BCUT2D eigenvalue weighted by atomic mass is 10.0. The van der Waals surface area contributed by atoms with Crippen molar-refractivity contribution in [3.05, 3.63) is 35.8 Å². The molecule has 0 aliphatic heterocycles. The summed E-state index contributed by atoms with van der Waals surface area (Å²) in [5.74, 6) is 0.215. The third-order valence-corrected chi connectivity index (χ3v) is 5.66. The van der Waals surface area contributed by atoms with Gasteiger partial charge in [-0.1, -0.05) is 6.42 Å². The standard InChI is InChI=1S/C19H21FN2O3/c1-25-19(24)16(22-18(23)17-13-3-2-4-14(13)17)7-10-9-21-15-8-11(20)5-6-12(10)15/h5-6,8-9,13-14,16-17,21H,2-4,7H2,1H3,(H,22,23). The molecule has 2 saturated carbocycles. The molecule has 0 bridgehead atoms. The molecule has 0 radical (unpaired) electrons. The van der Waals surface area contributed by atoms with E-state index in [1.54, 1.807) is 12.3 Å². The Balaban J connectivity index is 1.50. The number of carbonyl (C=O) groups excluding carboxylic acids is 2. The largest absolute Gasteiger partial charge is 0.467 e. The number of nitrogens with one attached hydrogen (secondary N) is 2. The molecule has 25 heavy (non-hydrogen) atoms. The summed E-state index contributed by atoms with van der Waals surface area (Å²) in [4.78, 5) is 27.7. The number of aromatic nitrogens is 1.